The van der Waals surface area contributed by atoms with Crippen LogP contribution in [-0.4, -0.2) is 36.5 Å². The van der Waals surface area contributed by atoms with Crippen molar-refractivity contribution in [1.29, 1.82) is 0 Å². The van der Waals surface area contributed by atoms with Crippen LogP contribution >= 0.6 is 15.9 Å². The second kappa shape index (κ2) is 7.22. The average molecular weight is 356 g/mol. The van der Waals surface area contributed by atoms with E-state index in [-0.39, 0.29) is 10.6 Å². The Morgan fingerprint density at radius 3 is 2.71 bits per heavy atom. The Hall–Kier alpha value is -1.14. The van der Waals surface area contributed by atoms with E-state index < -0.39 is 0 Å². The van der Waals surface area contributed by atoms with Crippen molar-refractivity contribution in [2.75, 3.05) is 32.0 Å². The number of nitrogens with one attached hydrogen (secondary N) is 1. The fourth-order valence-electron chi connectivity index (χ4n) is 2.76. The molecule has 2 rings (SSSR count). The predicted octanol–water partition coefficient (Wildman–Crippen LogP) is 3.81. The first-order chi connectivity index (χ1) is 9.97. The number of piperidine rings is 1. The molecule has 1 aromatic rings. The van der Waals surface area contributed by atoms with Crippen molar-refractivity contribution in [3.63, 3.8) is 0 Å². The molecular formula is C15H22BrN3O2. The van der Waals surface area contributed by atoms with Crippen LogP contribution in [0.4, 0.5) is 11.4 Å². The van der Waals surface area contributed by atoms with Crippen LogP contribution in [0.15, 0.2) is 16.6 Å². The Morgan fingerprint density at radius 2 is 2.10 bits per heavy atom. The van der Waals surface area contributed by atoms with Crippen LogP contribution in [0.2, 0.25) is 0 Å². The topological polar surface area (TPSA) is 58.4 Å². The van der Waals surface area contributed by atoms with Gasteiger partial charge in [-0.05, 0) is 74.2 Å². The van der Waals surface area contributed by atoms with Gasteiger partial charge in [-0.25, -0.2) is 0 Å². The van der Waals surface area contributed by atoms with E-state index in [2.05, 4.69) is 33.2 Å². The normalized spacial score (nSPS) is 16.9. The van der Waals surface area contributed by atoms with Crippen molar-refractivity contribution in [3.8, 4) is 0 Å². The van der Waals surface area contributed by atoms with Crippen molar-refractivity contribution in [2.24, 2.45) is 5.92 Å². The molecule has 0 unspecified atom stereocenters. The summed E-state index contributed by atoms with van der Waals surface area (Å²) < 4.78 is 0.753. The summed E-state index contributed by atoms with van der Waals surface area (Å²) in [6, 6.07) is 3.42. The average Bonchev–Trinajstić information content (AvgIpc) is 2.44. The van der Waals surface area contributed by atoms with Crippen molar-refractivity contribution in [1.82, 2.24) is 4.90 Å². The summed E-state index contributed by atoms with van der Waals surface area (Å²) in [6.07, 6.45) is 3.67. The fraction of sp³-hybridized carbons (Fsp3) is 0.600. The van der Waals surface area contributed by atoms with Gasteiger partial charge >= 0.3 is 0 Å². The minimum Gasteiger partial charge on any atom is -0.384 e. The van der Waals surface area contributed by atoms with E-state index >= 15 is 0 Å². The van der Waals surface area contributed by atoms with Gasteiger partial charge in [-0.2, -0.15) is 0 Å². The third-order valence-corrected chi connectivity index (χ3v) is 4.84. The molecule has 1 heterocycles. The summed E-state index contributed by atoms with van der Waals surface area (Å²) in [5.74, 6) is 0.784. The molecule has 0 saturated carbocycles. The lowest BCUT2D eigenvalue weighted by Gasteiger charge is -2.29. The highest BCUT2D eigenvalue weighted by molar-refractivity contribution is 9.10. The van der Waals surface area contributed by atoms with Crippen LogP contribution in [0.25, 0.3) is 0 Å². The molecule has 5 nitrogen and oxygen atoms in total. The van der Waals surface area contributed by atoms with E-state index in [4.69, 9.17) is 0 Å². The standard InChI is InChI=1S/C15H22BrN3O2/c1-11-9-14(13(16)10-15(11)19(20)21)17-6-3-12-4-7-18(2)8-5-12/h9-10,12,17H,3-8H2,1-2H3. The van der Waals surface area contributed by atoms with E-state index in [1.807, 2.05) is 6.07 Å². The fourth-order valence-corrected chi connectivity index (χ4v) is 3.24. The number of rotatable bonds is 5. The summed E-state index contributed by atoms with van der Waals surface area (Å²) in [5, 5.41) is 14.3. The summed E-state index contributed by atoms with van der Waals surface area (Å²) in [7, 11) is 2.17. The number of benzene rings is 1. The lowest BCUT2D eigenvalue weighted by molar-refractivity contribution is -0.385. The zero-order valence-corrected chi connectivity index (χ0v) is 14.1. The number of likely N-dealkylation sites (tertiary alicyclic amines) is 1. The lowest BCUT2D eigenvalue weighted by atomic mass is 9.94. The molecule has 6 heteroatoms. The molecule has 0 aromatic heterocycles. The van der Waals surface area contributed by atoms with E-state index in [1.54, 1.807) is 13.0 Å². The van der Waals surface area contributed by atoms with Crippen LogP contribution in [0, 0.1) is 23.0 Å². The summed E-state index contributed by atoms with van der Waals surface area (Å²) in [6.45, 7) is 5.05. The van der Waals surface area contributed by atoms with Gasteiger partial charge in [0.25, 0.3) is 5.69 Å². The highest BCUT2D eigenvalue weighted by Gasteiger charge is 2.17. The molecule has 0 atom stereocenters. The van der Waals surface area contributed by atoms with Crippen molar-refractivity contribution < 1.29 is 4.92 Å². The number of hydrogen-bond acceptors (Lipinski definition) is 4. The van der Waals surface area contributed by atoms with Crippen LogP contribution in [0.3, 0.4) is 0 Å². The van der Waals surface area contributed by atoms with Gasteiger partial charge in [-0.1, -0.05) is 0 Å². The van der Waals surface area contributed by atoms with E-state index in [9.17, 15) is 10.1 Å². The Labute approximate surface area is 134 Å². The highest BCUT2D eigenvalue weighted by atomic mass is 79.9. The lowest BCUT2D eigenvalue weighted by Crippen LogP contribution is -2.30. The molecule has 21 heavy (non-hydrogen) atoms. The van der Waals surface area contributed by atoms with Gasteiger partial charge < -0.3 is 10.2 Å². The third-order valence-electron chi connectivity index (χ3n) is 4.19. The first-order valence-electron chi connectivity index (χ1n) is 7.34. The molecular weight excluding hydrogens is 334 g/mol. The maximum absolute atomic E-state index is 10.9. The van der Waals surface area contributed by atoms with E-state index in [1.165, 1.54) is 25.9 Å². The summed E-state index contributed by atoms with van der Waals surface area (Å²) >= 11 is 3.41. The van der Waals surface area contributed by atoms with Gasteiger partial charge in [0.15, 0.2) is 0 Å². The third kappa shape index (κ3) is 4.41. The molecule has 1 fully saturated rings. The molecule has 0 bridgehead atoms. The molecule has 1 aliphatic heterocycles. The number of nitro benzene ring substituents is 1. The van der Waals surface area contributed by atoms with Gasteiger partial charge in [0, 0.05) is 28.3 Å². The van der Waals surface area contributed by atoms with Gasteiger partial charge in [0.05, 0.1) is 4.92 Å². The van der Waals surface area contributed by atoms with Crippen LogP contribution in [0.5, 0.6) is 0 Å². The predicted molar refractivity (Wildman–Crippen MR) is 88.9 cm³/mol. The molecule has 0 radical (unpaired) electrons. The zero-order chi connectivity index (χ0) is 15.4. The van der Waals surface area contributed by atoms with E-state index in [0.29, 0.717) is 5.56 Å². The Balaban J connectivity index is 1.88. The van der Waals surface area contributed by atoms with Crippen molar-refractivity contribution >= 4 is 27.3 Å². The van der Waals surface area contributed by atoms with Gasteiger partial charge in [0.1, 0.15) is 0 Å². The van der Waals surface area contributed by atoms with Crippen molar-refractivity contribution in [2.45, 2.75) is 26.2 Å². The molecule has 1 aromatic carbocycles. The monoisotopic (exact) mass is 355 g/mol. The maximum Gasteiger partial charge on any atom is 0.273 e. The molecule has 0 aliphatic carbocycles. The minimum atomic E-state index is -0.345. The first kappa shape index (κ1) is 16.2. The quantitative estimate of drug-likeness (QED) is 0.644. The number of anilines is 1. The molecule has 1 N–H and O–H groups in total. The van der Waals surface area contributed by atoms with E-state index in [0.717, 1.165) is 29.0 Å². The Morgan fingerprint density at radius 1 is 1.43 bits per heavy atom. The number of nitrogens with zero attached hydrogens (tertiary/aromatic N) is 2. The first-order valence-corrected chi connectivity index (χ1v) is 8.13. The molecule has 1 aliphatic rings. The van der Waals surface area contributed by atoms with Gasteiger partial charge in [-0.3, -0.25) is 10.1 Å². The maximum atomic E-state index is 10.9. The summed E-state index contributed by atoms with van der Waals surface area (Å²) in [4.78, 5) is 12.9. The zero-order valence-electron chi connectivity index (χ0n) is 12.6. The van der Waals surface area contributed by atoms with Gasteiger partial charge in [0.2, 0.25) is 0 Å². The smallest absolute Gasteiger partial charge is 0.273 e. The largest absolute Gasteiger partial charge is 0.384 e. The number of nitro groups is 1. The number of hydrogen-bond donors (Lipinski definition) is 1. The highest BCUT2D eigenvalue weighted by Crippen LogP contribution is 2.31. The van der Waals surface area contributed by atoms with Crippen LogP contribution < -0.4 is 5.32 Å². The van der Waals surface area contributed by atoms with Crippen molar-refractivity contribution in [3.05, 3.63) is 32.3 Å². The van der Waals surface area contributed by atoms with Crippen LogP contribution in [-0.2, 0) is 0 Å². The van der Waals surface area contributed by atoms with Crippen LogP contribution in [0.1, 0.15) is 24.8 Å². The Bertz CT molecular complexity index is 514. The number of aryl methyl sites for hydroxylation is 1. The SMILES string of the molecule is Cc1cc(NCCC2CCN(C)CC2)c(Br)cc1[N+](=O)[O-]. The molecule has 0 amide bonds. The minimum absolute atomic E-state index is 0.155. The second-order valence-corrected chi connectivity index (χ2v) is 6.69. The molecule has 1 saturated heterocycles. The molecule has 0 spiro atoms. The van der Waals surface area contributed by atoms with Gasteiger partial charge in [-0.15, -0.1) is 0 Å². The second-order valence-electron chi connectivity index (χ2n) is 5.84. The summed E-state index contributed by atoms with van der Waals surface area (Å²) in [5.41, 5.74) is 1.78. The Kier molecular flexibility index (Phi) is 5.58. The number of halogens is 1. The molecule has 116 valence electrons.